The van der Waals surface area contributed by atoms with Crippen molar-refractivity contribution in [3.63, 3.8) is 0 Å². The second-order valence-corrected chi connectivity index (χ2v) is 3.76. The first-order valence-corrected chi connectivity index (χ1v) is 5.72. The Morgan fingerprint density at radius 2 is 2.06 bits per heavy atom. The quantitative estimate of drug-likeness (QED) is 0.826. The first-order chi connectivity index (χ1) is 8.72. The van der Waals surface area contributed by atoms with Gasteiger partial charge >= 0.3 is 5.97 Å². The van der Waals surface area contributed by atoms with Gasteiger partial charge in [-0.3, -0.25) is 14.7 Å². The first kappa shape index (κ1) is 12.2. The fourth-order valence-electron chi connectivity index (χ4n) is 1.67. The van der Waals surface area contributed by atoms with Crippen molar-refractivity contribution < 1.29 is 9.53 Å². The van der Waals surface area contributed by atoms with E-state index in [4.69, 9.17) is 4.74 Å². The highest BCUT2D eigenvalue weighted by Gasteiger charge is 2.12. The monoisotopic (exact) mass is 246 g/mol. The lowest BCUT2D eigenvalue weighted by atomic mass is 10.2. The Morgan fingerprint density at radius 1 is 1.33 bits per heavy atom. The minimum atomic E-state index is -0.395. The number of carbonyl (C=O) groups is 1. The predicted octanol–water partition coefficient (Wildman–Crippen LogP) is 1.27. The number of hydrogen-bond acceptors (Lipinski definition) is 3. The second kappa shape index (κ2) is 5.35. The van der Waals surface area contributed by atoms with E-state index in [1.54, 1.807) is 6.92 Å². The highest BCUT2D eigenvalue weighted by Crippen LogP contribution is 2.03. The molecule has 0 atom stereocenters. The topological polar surface area (TPSA) is 64.1 Å². The van der Waals surface area contributed by atoms with Crippen molar-refractivity contribution in [2.45, 2.75) is 13.3 Å². The molecule has 0 aliphatic carbocycles. The molecule has 1 N–H and O–H groups in total. The van der Waals surface area contributed by atoms with Gasteiger partial charge in [0, 0.05) is 11.8 Å². The van der Waals surface area contributed by atoms with E-state index in [0.717, 1.165) is 5.69 Å². The number of esters is 1. The van der Waals surface area contributed by atoms with E-state index < -0.39 is 5.97 Å². The van der Waals surface area contributed by atoms with Gasteiger partial charge in [-0.1, -0.05) is 18.2 Å². The van der Waals surface area contributed by atoms with Crippen LogP contribution in [0.3, 0.4) is 0 Å². The number of carbonyl (C=O) groups excluding carboxylic acids is 1. The standard InChI is InChI=1S/C13H14N2O3/c1-2-18-12(16)8-10-9-14-15(13(10)17)11-6-4-3-5-7-11/h3-7,9,14H,2,8H2,1H3. The molecule has 1 heterocycles. The maximum atomic E-state index is 12.0. The molecule has 5 nitrogen and oxygen atoms in total. The summed E-state index contributed by atoms with van der Waals surface area (Å²) in [7, 11) is 0. The third-order valence-electron chi connectivity index (χ3n) is 2.50. The van der Waals surface area contributed by atoms with Gasteiger partial charge in [-0.05, 0) is 19.1 Å². The summed E-state index contributed by atoms with van der Waals surface area (Å²) < 4.78 is 6.21. The van der Waals surface area contributed by atoms with Crippen molar-refractivity contribution in [3.05, 3.63) is 52.4 Å². The van der Waals surface area contributed by atoms with Gasteiger partial charge in [0.1, 0.15) is 0 Å². The van der Waals surface area contributed by atoms with Crippen LogP contribution in [0.4, 0.5) is 0 Å². The van der Waals surface area contributed by atoms with Crippen LogP contribution in [0.2, 0.25) is 0 Å². The fourth-order valence-corrected chi connectivity index (χ4v) is 1.67. The Morgan fingerprint density at radius 3 is 2.72 bits per heavy atom. The minimum Gasteiger partial charge on any atom is -0.466 e. The smallest absolute Gasteiger partial charge is 0.310 e. The Balaban J connectivity index is 2.25. The second-order valence-electron chi connectivity index (χ2n) is 3.76. The van der Waals surface area contributed by atoms with Gasteiger partial charge in [-0.2, -0.15) is 0 Å². The number of H-pyrrole nitrogens is 1. The summed E-state index contributed by atoms with van der Waals surface area (Å²) in [4.78, 5) is 23.4. The lowest BCUT2D eigenvalue weighted by Crippen LogP contribution is -2.20. The maximum Gasteiger partial charge on any atom is 0.310 e. The van der Waals surface area contributed by atoms with Crippen LogP contribution >= 0.6 is 0 Å². The average Bonchev–Trinajstić information content (AvgIpc) is 2.72. The number of rotatable bonds is 4. The van der Waals surface area contributed by atoms with Crippen molar-refractivity contribution in [1.82, 2.24) is 9.78 Å². The predicted molar refractivity (Wildman–Crippen MR) is 66.7 cm³/mol. The van der Waals surface area contributed by atoms with E-state index >= 15 is 0 Å². The molecule has 5 heteroatoms. The first-order valence-electron chi connectivity index (χ1n) is 5.72. The number of benzene rings is 1. The summed E-state index contributed by atoms with van der Waals surface area (Å²) in [5.41, 5.74) is 0.907. The van der Waals surface area contributed by atoms with Crippen LogP contribution in [0, 0.1) is 0 Å². The van der Waals surface area contributed by atoms with Crippen molar-refractivity contribution in [2.75, 3.05) is 6.61 Å². The molecule has 18 heavy (non-hydrogen) atoms. The Bertz CT molecular complexity index is 584. The van der Waals surface area contributed by atoms with Crippen molar-refractivity contribution in [3.8, 4) is 5.69 Å². The molecule has 2 rings (SSSR count). The Hall–Kier alpha value is -2.30. The third kappa shape index (κ3) is 2.51. The van der Waals surface area contributed by atoms with Crippen LogP contribution in [0.25, 0.3) is 5.69 Å². The summed E-state index contributed by atoms with van der Waals surface area (Å²) >= 11 is 0. The molecule has 0 radical (unpaired) electrons. The Labute approximate surface area is 104 Å². The number of aromatic amines is 1. The molecule has 2 aromatic rings. The molecule has 0 fully saturated rings. The molecular weight excluding hydrogens is 232 g/mol. The summed E-state index contributed by atoms with van der Waals surface area (Å²) in [6.45, 7) is 2.05. The average molecular weight is 246 g/mol. The van der Waals surface area contributed by atoms with E-state index in [0.29, 0.717) is 12.2 Å². The SMILES string of the molecule is CCOC(=O)Cc1c[nH]n(-c2ccccc2)c1=O. The molecule has 0 amide bonds. The number of nitrogens with one attached hydrogen (secondary N) is 1. The maximum absolute atomic E-state index is 12.0. The molecule has 1 aromatic heterocycles. The van der Waals surface area contributed by atoms with E-state index in [1.165, 1.54) is 10.9 Å². The van der Waals surface area contributed by atoms with Gasteiger partial charge in [0.25, 0.3) is 5.56 Å². The molecule has 0 unspecified atom stereocenters. The van der Waals surface area contributed by atoms with Gasteiger partial charge in [-0.25, -0.2) is 4.68 Å². The molecule has 0 spiro atoms. The molecule has 0 bridgehead atoms. The van der Waals surface area contributed by atoms with Gasteiger partial charge in [-0.15, -0.1) is 0 Å². The minimum absolute atomic E-state index is 0.0109. The van der Waals surface area contributed by atoms with E-state index in [1.807, 2.05) is 30.3 Å². The third-order valence-corrected chi connectivity index (χ3v) is 2.50. The number of ether oxygens (including phenoxy) is 1. The lowest BCUT2D eigenvalue weighted by Gasteiger charge is -2.00. The largest absolute Gasteiger partial charge is 0.466 e. The molecular formula is C13H14N2O3. The highest BCUT2D eigenvalue weighted by atomic mass is 16.5. The van der Waals surface area contributed by atoms with Gasteiger partial charge in [0.15, 0.2) is 0 Å². The Kier molecular flexibility index (Phi) is 3.62. The zero-order chi connectivity index (χ0) is 13.0. The van der Waals surface area contributed by atoms with Gasteiger partial charge < -0.3 is 4.74 Å². The van der Waals surface area contributed by atoms with Crippen molar-refractivity contribution in [2.24, 2.45) is 0 Å². The fraction of sp³-hybridized carbons (Fsp3) is 0.231. The summed E-state index contributed by atoms with van der Waals surface area (Å²) in [5, 5.41) is 2.83. The van der Waals surface area contributed by atoms with Crippen LogP contribution in [0.15, 0.2) is 41.3 Å². The summed E-state index contributed by atoms with van der Waals surface area (Å²) in [6.07, 6.45) is 1.52. The molecule has 0 aliphatic rings. The number of para-hydroxylation sites is 1. The van der Waals surface area contributed by atoms with Crippen molar-refractivity contribution >= 4 is 5.97 Å². The van der Waals surface area contributed by atoms with Crippen LogP contribution < -0.4 is 5.56 Å². The summed E-state index contributed by atoms with van der Waals surface area (Å²) in [5.74, 6) is -0.395. The zero-order valence-corrected chi connectivity index (χ0v) is 10.1. The molecule has 0 saturated heterocycles. The van der Waals surface area contributed by atoms with E-state index in [9.17, 15) is 9.59 Å². The lowest BCUT2D eigenvalue weighted by molar-refractivity contribution is -0.142. The highest BCUT2D eigenvalue weighted by molar-refractivity contribution is 5.72. The molecule has 94 valence electrons. The normalized spacial score (nSPS) is 10.3. The van der Waals surface area contributed by atoms with Gasteiger partial charge in [0.05, 0.1) is 18.7 Å². The van der Waals surface area contributed by atoms with Crippen LogP contribution in [-0.2, 0) is 16.0 Å². The summed E-state index contributed by atoms with van der Waals surface area (Å²) in [6, 6.07) is 9.18. The van der Waals surface area contributed by atoms with E-state index in [-0.39, 0.29) is 12.0 Å². The molecule has 0 aliphatic heterocycles. The number of nitrogens with zero attached hydrogens (tertiary/aromatic N) is 1. The molecule has 0 saturated carbocycles. The number of aromatic nitrogens is 2. The van der Waals surface area contributed by atoms with Crippen LogP contribution in [-0.4, -0.2) is 22.4 Å². The van der Waals surface area contributed by atoms with Crippen LogP contribution in [0.5, 0.6) is 0 Å². The van der Waals surface area contributed by atoms with Crippen molar-refractivity contribution in [1.29, 1.82) is 0 Å². The zero-order valence-electron chi connectivity index (χ0n) is 10.1. The number of hydrogen-bond donors (Lipinski definition) is 1. The van der Waals surface area contributed by atoms with Crippen LogP contribution in [0.1, 0.15) is 12.5 Å². The van der Waals surface area contributed by atoms with E-state index in [2.05, 4.69) is 5.10 Å². The van der Waals surface area contributed by atoms with Gasteiger partial charge in [0.2, 0.25) is 0 Å². The molecule has 1 aromatic carbocycles.